The van der Waals surface area contributed by atoms with Gasteiger partial charge in [-0.1, -0.05) is 31.9 Å². The summed E-state index contributed by atoms with van der Waals surface area (Å²) in [5.41, 5.74) is 0.331. The molecule has 0 aliphatic heterocycles. The van der Waals surface area contributed by atoms with Crippen molar-refractivity contribution in [1.29, 1.82) is 0 Å². The van der Waals surface area contributed by atoms with Gasteiger partial charge in [0.05, 0.1) is 13.0 Å². The zero-order valence-corrected chi connectivity index (χ0v) is 12.6. The van der Waals surface area contributed by atoms with Crippen LogP contribution < -0.4 is 4.74 Å². The summed E-state index contributed by atoms with van der Waals surface area (Å²) in [5.74, 6) is -0.557. The average molecular weight is 388 g/mol. The van der Waals surface area contributed by atoms with Gasteiger partial charge in [-0.15, -0.1) is 0 Å². The molecule has 0 saturated carbocycles. The number of hydrogen-bond donors (Lipinski definition) is 0. The Morgan fingerprint density at radius 3 is 2.61 bits per heavy atom. The summed E-state index contributed by atoms with van der Waals surface area (Å²) in [6, 6.07) is 3.03. The largest absolute Gasteiger partial charge is 0.466 e. The van der Waals surface area contributed by atoms with Gasteiger partial charge in [0.15, 0.2) is 0 Å². The summed E-state index contributed by atoms with van der Waals surface area (Å²) >= 11 is 6.37. The minimum absolute atomic E-state index is 0.0562. The lowest BCUT2D eigenvalue weighted by Crippen LogP contribution is -2.11. The van der Waals surface area contributed by atoms with Crippen LogP contribution in [0.3, 0.4) is 0 Å². The Morgan fingerprint density at radius 2 is 2.06 bits per heavy atom. The molecule has 0 amide bonds. The Balaban J connectivity index is 3.03. The molecule has 0 aliphatic rings. The molecular formula is C11H10Br2F2O3. The first-order valence-electron chi connectivity index (χ1n) is 5.02. The van der Waals surface area contributed by atoms with E-state index in [0.717, 1.165) is 0 Å². The Morgan fingerprint density at radius 1 is 1.39 bits per heavy atom. The van der Waals surface area contributed by atoms with Crippen LogP contribution in [0.5, 0.6) is 5.75 Å². The van der Waals surface area contributed by atoms with Crippen molar-refractivity contribution in [3.63, 3.8) is 0 Å². The third-order valence-corrected chi connectivity index (χ3v) is 3.13. The SMILES string of the molecule is CCOC(=O)Cc1c(Br)cc(Br)cc1OC(F)F. The van der Waals surface area contributed by atoms with Crippen LogP contribution in [-0.4, -0.2) is 19.2 Å². The molecular weight excluding hydrogens is 378 g/mol. The zero-order chi connectivity index (χ0) is 13.7. The third kappa shape index (κ3) is 4.53. The molecule has 0 unspecified atom stereocenters. The van der Waals surface area contributed by atoms with Gasteiger partial charge in [-0.3, -0.25) is 4.79 Å². The Hall–Kier alpha value is -0.690. The molecule has 0 aromatic heterocycles. The van der Waals surface area contributed by atoms with Crippen LogP contribution in [0.25, 0.3) is 0 Å². The van der Waals surface area contributed by atoms with Gasteiger partial charge in [-0.05, 0) is 19.1 Å². The van der Waals surface area contributed by atoms with E-state index in [-0.39, 0.29) is 18.8 Å². The smallest absolute Gasteiger partial charge is 0.387 e. The Kier molecular flexibility index (Phi) is 6.01. The van der Waals surface area contributed by atoms with Crippen LogP contribution in [0.15, 0.2) is 21.1 Å². The van der Waals surface area contributed by atoms with Gasteiger partial charge in [0.1, 0.15) is 5.75 Å². The molecule has 0 fully saturated rings. The van der Waals surface area contributed by atoms with Crippen molar-refractivity contribution in [3.8, 4) is 5.75 Å². The molecule has 1 aromatic carbocycles. The van der Waals surface area contributed by atoms with Gasteiger partial charge >= 0.3 is 12.6 Å². The van der Waals surface area contributed by atoms with Crippen LogP contribution in [0, 0.1) is 0 Å². The minimum Gasteiger partial charge on any atom is -0.466 e. The van der Waals surface area contributed by atoms with Gasteiger partial charge in [-0.2, -0.15) is 8.78 Å². The summed E-state index contributed by atoms with van der Waals surface area (Å²) in [4.78, 5) is 11.4. The topological polar surface area (TPSA) is 35.5 Å². The minimum atomic E-state index is -2.95. The molecule has 0 bridgehead atoms. The number of hydrogen-bond acceptors (Lipinski definition) is 3. The highest BCUT2D eigenvalue weighted by Crippen LogP contribution is 2.33. The van der Waals surface area contributed by atoms with Crippen LogP contribution in [-0.2, 0) is 16.0 Å². The van der Waals surface area contributed by atoms with Crippen LogP contribution in [0.4, 0.5) is 8.78 Å². The molecule has 0 radical (unpaired) electrons. The van der Waals surface area contributed by atoms with E-state index < -0.39 is 12.6 Å². The summed E-state index contributed by atoms with van der Waals surface area (Å²) < 4.78 is 34.8. The summed E-state index contributed by atoms with van der Waals surface area (Å²) in [6.07, 6.45) is -0.135. The maximum Gasteiger partial charge on any atom is 0.387 e. The second-order valence-electron chi connectivity index (χ2n) is 3.22. The maximum atomic E-state index is 12.3. The number of rotatable bonds is 5. The molecule has 100 valence electrons. The van der Waals surface area contributed by atoms with Crippen LogP contribution in [0.1, 0.15) is 12.5 Å². The monoisotopic (exact) mass is 386 g/mol. The number of benzene rings is 1. The predicted octanol–water partition coefficient (Wildman–Crippen LogP) is 3.92. The standard InChI is InChI=1S/C11H10Br2F2O3/c1-2-17-10(16)5-7-8(13)3-6(12)4-9(7)18-11(14)15/h3-4,11H,2,5H2,1H3. The lowest BCUT2D eigenvalue weighted by Gasteiger charge is -2.12. The molecule has 18 heavy (non-hydrogen) atoms. The first-order chi connectivity index (χ1) is 8.43. The fourth-order valence-electron chi connectivity index (χ4n) is 1.31. The highest BCUT2D eigenvalue weighted by Gasteiger charge is 2.17. The van der Waals surface area contributed by atoms with Crippen molar-refractivity contribution in [1.82, 2.24) is 0 Å². The van der Waals surface area contributed by atoms with Crippen molar-refractivity contribution in [3.05, 3.63) is 26.6 Å². The molecule has 0 aliphatic carbocycles. The van der Waals surface area contributed by atoms with Crippen molar-refractivity contribution in [2.75, 3.05) is 6.61 Å². The zero-order valence-electron chi connectivity index (χ0n) is 9.38. The van der Waals surface area contributed by atoms with Gasteiger partial charge < -0.3 is 9.47 Å². The number of carbonyl (C=O) groups excluding carboxylic acids is 1. The van der Waals surface area contributed by atoms with Gasteiger partial charge in [0.25, 0.3) is 0 Å². The summed E-state index contributed by atoms with van der Waals surface area (Å²) in [7, 11) is 0. The molecule has 0 atom stereocenters. The van der Waals surface area contributed by atoms with E-state index in [2.05, 4.69) is 36.6 Å². The fraction of sp³-hybridized carbons (Fsp3) is 0.364. The van der Waals surface area contributed by atoms with E-state index >= 15 is 0 Å². The van der Waals surface area contributed by atoms with E-state index in [1.807, 2.05) is 0 Å². The predicted molar refractivity (Wildman–Crippen MR) is 68.8 cm³/mol. The van der Waals surface area contributed by atoms with E-state index in [9.17, 15) is 13.6 Å². The van der Waals surface area contributed by atoms with Crippen molar-refractivity contribution in [2.24, 2.45) is 0 Å². The molecule has 1 rings (SSSR count). The molecule has 1 aromatic rings. The van der Waals surface area contributed by atoms with E-state index in [1.165, 1.54) is 6.07 Å². The molecule has 0 saturated heterocycles. The highest BCUT2D eigenvalue weighted by molar-refractivity contribution is 9.11. The second kappa shape index (κ2) is 7.04. The number of esters is 1. The van der Waals surface area contributed by atoms with Crippen molar-refractivity contribution >= 4 is 37.8 Å². The summed E-state index contributed by atoms with van der Waals surface area (Å²) in [6.45, 7) is -1.05. The second-order valence-corrected chi connectivity index (χ2v) is 4.99. The summed E-state index contributed by atoms with van der Waals surface area (Å²) in [5, 5.41) is 0. The van der Waals surface area contributed by atoms with Crippen LogP contribution >= 0.6 is 31.9 Å². The van der Waals surface area contributed by atoms with Crippen molar-refractivity contribution < 1.29 is 23.0 Å². The Bertz CT molecular complexity index is 439. The number of carbonyl (C=O) groups is 1. The van der Waals surface area contributed by atoms with Crippen LogP contribution in [0.2, 0.25) is 0 Å². The first kappa shape index (κ1) is 15.4. The van der Waals surface area contributed by atoms with E-state index in [1.54, 1.807) is 13.0 Å². The molecule has 0 spiro atoms. The van der Waals surface area contributed by atoms with Gasteiger partial charge in [-0.25, -0.2) is 0 Å². The van der Waals surface area contributed by atoms with Gasteiger partial charge in [0.2, 0.25) is 0 Å². The van der Waals surface area contributed by atoms with Crippen molar-refractivity contribution in [2.45, 2.75) is 20.0 Å². The normalized spacial score (nSPS) is 10.6. The molecule has 0 N–H and O–H groups in total. The lowest BCUT2D eigenvalue weighted by atomic mass is 10.1. The lowest BCUT2D eigenvalue weighted by molar-refractivity contribution is -0.142. The van der Waals surface area contributed by atoms with E-state index in [4.69, 9.17) is 4.74 Å². The molecule has 3 nitrogen and oxygen atoms in total. The first-order valence-corrected chi connectivity index (χ1v) is 6.61. The number of halogens is 4. The number of alkyl halides is 2. The maximum absolute atomic E-state index is 12.3. The number of ether oxygens (including phenoxy) is 2. The molecule has 0 heterocycles. The van der Waals surface area contributed by atoms with Gasteiger partial charge in [0, 0.05) is 14.5 Å². The quantitative estimate of drug-likeness (QED) is 0.718. The average Bonchev–Trinajstić information content (AvgIpc) is 2.22. The fourth-order valence-corrected chi connectivity index (χ4v) is 2.64. The molecule has 7 heteroatoms. The highest BCUT2D eigenvalue weighted by atomic mass is 79.9. The Labute approximate surface area is 120 Å². The van der Waals surface area contributed by atoms with E-state index in [0.29, 0.717) is 14.5 Å². The third-order valence-electron chi connectivity index (χ3n) is 1.96.